The number of hydrogen-bond donors (Lipinski definition) is 4. The standard InChI is InChI=1S/C8H7ClN4O2S.H2O4S/c9-16(14,15)4-1-2-6-5(3-4)7(10)13-8(11)12-6;1-5(2,3)4/h1-3H,(H4,10,11,12,13);(H2,1,2,3,4). The van der Waals surface area contributed by atoms with Crippen LogP contribution in [0.25, 0.3) is 10.9 Å². The minimum atomic E-state index is -4.67. The van der Waals surface area contributed by atoms with Gasteiger partial charge in [-0.25, -0.2) is 13.4 Å². The van der Waals surface area contributed by atoms with Crippen LogP contribution in [0.4, 0.5) is 11.8 Å². The van der Waals surface area contributed by atoms with Crippen molar-refractivity contribution in [2.75, 3.05) is 11.5 Å². The Morgan fingerprint density at radius 2 is 1.57 bits per heavy atom. The third-order valence-corrected chi connectivity index (χ3v) is 3.35. The Hall–Kier alpha value is -1.73. The molecule has 116 valence electrons. The lowest BCUT2D eigenvalue weighted by Gasteiger charge is -2.03. The molecule has 21 heavy (non-hydrogen) atoms. The number of rotatable bonds is 1. The quantitative estimate of drug-likeness (QED) is 0.402. The van der Waals surface area contributed by atoms with Crippen molar-refractivity contribution >= 4 is 52.8 Å². The molecule has 0 saturated carbocycles. The zero-order chi connectivity index (χ0) is 16.4. The first kappa shape index (κ1) is 17.3. The molecule has 1 aromatic carbocycles. The highest BCUT2D eigenvalue weighted by Gasteiger charge is 2.12. The topological polar surface area (TPSA) is 187 Å². The van der Waals surface area contributed by atoms with Gasteiger partial charge in [0.05, 0.1) is 10.4 Å². The number of fused-ring (bicyclic) bond motifs is 1. The molecule has 0 bridgehead atoms. The molecule has 0 aliphatic heterocycles. The van der Waals surface area contributed by atoms with Crippen molar-refractivity contribution in [1.29, 1.82) is 0 Å². The maximum atomic E-state index is 11.1. The molecule has 0 fully saturated rings. The van der Waals surface area contributed by atoms with Gasteiger partial charge >= 0.3 is 10.4 Å². The van der Waals surface area contributed by atoms with Crippen molar-refractivity contribution in [3.8, 4) is 0 Å². The van der Waals surface area contributed by atoms with E-state index >= 15 is 0 Å². The maximum Gasteiger partial charge on any atom is 0.394 e. The first-order valence-electron chi connectivity index (χ1n) is 4.85. The molecule has 0 saturated heterocycles. The van der Waals surface area contributed by atoms with E-state index in [1.165, 1.54) is 18.2 Å². The van der Waals surface area contributed by atoms with Crippen LogP contribution in [0.2, 0.25) is 0 Å². The second-order valence-electron chi connectivity index (χ2n) is 3.53. The summed E-state index contributed by atoms with van der Waals surface area (Å²) >= 11 is 0. The monoisotopic (exact) mass is 356 g/mol. The lowest BCUT2D eigenvalue weighted by Crippen LogP contribution is -2.01. The highest BCUT2D eigenvalue weighted by atomic mass is 35.7. The summed E-state index contributed by atoms with van der Waals surface area (Å²) < 4.78 is 53.8. The molecule has 2 rings (SSSR count). The van der Waals surface area contributed by atoms with E-state index in [-0.39, 0.29) is 16.7 Å². The number of halogens is 1. The fourth-order valence-corrected chi connectivity index (χ4v) is 2.08. The molecule has 0 amide bonds. The van der Waals surface area contributed by atoms with Crippen LogP contribution in [0.5, 0.6) is 0 Å². The number of nitrogen functional groups attached to an aromatic ring is 2. The van der Waals surface area contributed by atoms with Crippen LogP contribution in [0.3, 0.4) is 0 Å². The van der Waals surface area contributed by atoms with Gasteiger partial charge in [-0.2, -0.15) is 13.4 Å². The summed E-state index contributed by atoms with van der Waals surface area (Å²) in [5.41, 5.74) is 11.5. The third kappa shape index (κ3) is 5.65. The van der Waals surface area contributed by atoms with Crippen LogP contribution >= 0.6 is 10.7 Å². The van der Waals surface area contributed by atoms with Crippen LogP contribution < -0.4 is 11.5 Å². The molecule has 1 aromatic heterocycles. The number of benzene rings is 1. The first-order chi connectivity index (χ1) is 9.38. The van der Waals surface area contributed by atoms with Crippen LogP contribution in [-0.2, 0) is 19.4 Å². The highest BCUT2D eigenvalue weighted by molar-refractivity contribution is 8.13. The average molecular weight is 357 g/mol. The van der Waals surface area contributed by atoms with E-state index in [9.17, 15) is 8.42 Å². The smallest absolute Gasteiger partial charge is 0.383 e. The van der Waals surface area contributed by atoms with Gasteiger partial charge < -0.3 is 11.5 Å². The molecule has 0 radical (unpaired) electrons. The minimum Gasteiger partial charge on any atom is -0.383 e. The van der Waals surface area contributed by atoms with Crippen molar-refractivity contribution in [2.24, 2.45) is 0 Å². The van der Waals surface area contributed by atoms with Crippen molar-refractivity contribution in [3.05, 3.63) is 18.2 Å². The van der Waals surface area contributed by atoms with E-state index in [0.717, 1.165) is 0 Å². The van der Waals surface area contributed by atoms with Gasteiger partial charge in [-0.15, -0.1) is 0 Å². The summed E-state index contributed by atoms with van der Waals surface area (Å²) in [4.78, 5) is 7.59. The van der Waals surface area contributed by atoms with Gasteiger partial charge in [0.2, 0.25) is 5.95 Å². The zero-order valence-corrected chi connectivity index (χ0v) is 12.4. The fourth-order valence-electron chi connectivity index (χ4n) is 1.30. The molecular weight excluding hydrogens is 348 g/mol. The normalized spacial score (nSPS) is 11.8. The number of nitrogens with two attached hydrogens (primary N) is 2. The van der Waals surface area contributed by atoms with Crippen molar-refractivity contribution in [3.63, 3.8) is 0 Å². The van der Waals surface area contributed by atoms with Crippen molar-refractivity contribution in [1.82, 2.24) is 9.97 Å². The Morgan fingerprint density at radius 3 is 2.05 bits per heavy atom. The van der Waals surface area contributed by atoms with E-state index < -0.39 is 19.4 Å². The average Bonchev–Trinajstić information content (AvgIpc) is 2.24. The molecule has 13 heteroatoms. The maximum absolute atomic E-state index is 11.1. The van der Waals surface area contributed by atoms with Crippen molar-refractivity contribution < 1.29 is 25.9 Å². The van der Waals surface area contributed by atoms with Crippen LogP contribution in [-0.4, -0.2) is 35.9 Å². The summed E-state index contributed by atoms with van der Waals surface area (Å²) in [5, 5.41) is 0.399. The van der Waals surface area contributed by atoms with Gasteiger partial charge in [-0.05, 0) is 18.2 Å². The van der Waals surface area contributed by atoms with E-state index in [4.69, 9.17) is 39.7 Å². The second kappa shape index (κ2) is 5.95. The SMILES string of the molecule is Nc1nc(N)c2cc(S(=O)(=O)Cl)ccc2n1.O=S(=O)(O)O. The molecule has 0 unspecified atom stereocenters. The first-order valence-corrected chi connectivity index (χ1v) is 8.56. The summed E-state index contributed by atoms with van der Waals surface area (Å²) in [5.74, 6) is 0.149. The van der Waals surface area contributed by atoms with E-state index in [1.807, 2.05) is 0 Å². The molecular formula is C8H9ClN4O6S2. The lowest BCUT2D eigenvalue weighted by molar-refractivity contribution is 0.381. The van der Waals surface area contributed by atoms with Crippen LogP contribution in [0.15, 0.2) is 23.1 Å². The van der Waals surface area contributed by atoms with Gasteiger partial charge in [0.25, 0.3) is 9.05 Å². The number of nitrogens with zero attached hydrogens (tertiary/aromatic N) is 2. The molecule has 2 aromatic rings. The largest absolute Gasteiger partial charge is 0.394 e. The van der Waals surface area contributed by atoms with Crippen LogP contribution in [0.1, 0.15) is 0 Å². The summed E-state index contributed by atoms with van der Waals surface area (Å²) in [6.07, 6.45) is 0. The predicted molar refractivity (Wildman–Crippen MR) is 75.6 cm³/mol. The van der Waals surface area contributed by atoms with Gasteiger partial charge in [-0.3, -0.25) is 9.11 Å². The Labute approximate surface area is 123 Å². The molecule has 1 heterocycles. The Balaban J connectivity index is 0.000000383. The van der Waals surface area contributed by atoms with Crippen molar-refractivity contribution in [2.45, 2.75) is 4.90 Å². The molecule has 0 spiro atoms. The van der Waals surface area contributed by atoms with E-state index in [1.54, 1.807) is 0 Å². The lowest BCUT2D eigenvalue weighted by atomic mass is 10.2. The Kier molecular flexibility index (Phi) is 4.91. The summed E-state index contributed by atoms with van der Waals surface area (Å²) in [7, 11) is -3.25. The third-order valence-electron chi connectivity index (χ3n) is 2.00. The number of hydrogen-bond acceptors (Lipinski definition) is 8. The summed E-state index contributed by atoms with van der Waals surface area (Å²) in [6.45, 7) is 0. The molecule has 0 atom stereocenters. The molecule has 6 N–H and O–H groups in total. The Bertz CT molecular complexity index is 875. The number of aromatic nitrogens is 2. The van der Waals surface area contributed by atoms with Gasteiger partial charge in [0.15, 0.2) is 0 Å². The highest BCUT2D eigenvalue weighted by Crippen LogP contribution is 2.24. The van der Waals surface area contributed by atoms with Gasteiger partial charge in [-0.1, -0.05) is 0 Å². The predicted octanol–water partition coefficient (Wildman–Crippen LogP) is 0.0689. The number of anilines is 2. The van der Waals surface area contributed by atoms with E-state index in [0.29, 0.717) is 10.9 Å². The molecule has 10 nitrogen and oxygen atoms in total. The zero-order valence-electron chi connectivity index (χ0n) is 10.0. The van der Waals surface area contributed by atoms with E-state index in [2.05, 4.69) is 9.97 Å². The summed E-state index contributed by atoms with van der Waals surface area (Å²) in [6, 6.07) is 4.11. The molecule has 0 aliphatic carbocycles. The van der Waals surface area contributed by atoms with Crippen LogP contribution in [0, 0.1) is 0 Å². The Morgan fingerprint density at radius 1 is 1.05 bits per heavy atom. The van der Waals surface area contributed by atoms with Gasteiger partial charge in [0, 0.05) is 16.1 Å². The molecule has 0 aliphatic rings. The minimum absolute atomic E-state index is 0.0338. The fraction of sp³-hybridized carbons (Fsp3) is 0. The second-order valence-corrected chi connectivity index (χ2v) is 6.99. The van der Waals surface area contributed by atoms with Gasteiger partial charge in [0.1, 0.15) is 5.82 Å².